The van der Waals surface area contributed by atoms with E-state index in [1.807, 2.05) is 0 Å². The minimum absolute atomic E-state index is 0.00502. The van der Waals surface area contributed by atoms with Crippen LogP contribution in [0.1, 0.15) is 0 Å². The van der Waals surface area contributed by atoms with E-state index in [-0.39, 0.29) is 10.6 Å². The number of fused-ring (bicyclic) bond motifs is 1. The van der Waals surface area contributed by atoms with Crippen LogP contribution in [-0.2, 0) is 10.0 Å². The van der Waals surface area contributed by atoms with Crippen molar-refractivity contribution >= 4 is 26.7 Å². The van der Waals surface area contributed by atoms with Crippen molar-refractivity contribution in [2.45, 2.75) is 4.90 Å². The Kier molecular flexibility index (Phi) is 3.02. The van der Waals surface area contributed by atoms with Gasteiger partial charge in [0.15, 0.2) is 0 Å². The number of hydrogen-bond donors (Lipinski definition) is 3. The lowest BCUT2D eigenvalue weighted by molar-refractivity contribution is 0.601. The standard InChI is InChI=1S/C13H10FN3O3S/c14-8-1-3-9(4-2-8)17-21(19,20)10-5-6-11-12(7-10)16-13(18)15-11/h1-7,17H,(H2,15,16,18). The quantitative estimate of drug-likeness (QED) is 0.688. The highest BCUT2D eigenvalue weighted by Crippen LogP contribution is 2.19. The number of rotatable bonds is 3. The first-order chi connectivity index (χ1) is 9.94. The molecule has 0 unspecified atom stereocenters. The van der Waals surface area contributed by atoms with E-state index >= 15 is 0 Å². The molecular weight excluding hydrogens is 297 g/mol. The van der Waals surface area contributed by atoms with Gasteiger partial charge in [-0.25, -0.2) is 17.6 Å². The molecule has 0 fully saturated rings. The molecule has 0 radical (unpaired) electrons. The van der Waals surface area contributed by atoms with Gasteiger partial charge in [-0.1, -0.05) is 0 Å². The first-order valence-corrected chi connectivity index (χ1v) is 7.43. The van der Waals surface area contributed by atoms with Crippen LogP contribution in [0.2, 0.25) is 0 Å². The molecule has 0 bridgehead atoms. The minimum atomic E-state index is -3.82. The van der Waals surface area contributed by atoms with Crippen molar-refractivity contribution in [2.75, 3.05) is 4.72 Å². The van der Waals surface area contributed by atoms with Crippen molar-refractivity contribution in [1.82, 2.24) is 9.97 Å². The topological polar surface area (TPSA) is 94.8 Å². The molecule has 21 heavy (non-hydrogen) atoms. The number of sulfonamides is 1. The summed E-state index contributed by atoms with van der Waals surface area (Å²) in [5, 5.41) is 0. The molecule has 3 rings (SSSR count). The Morgan fingerprint density at radius 3 is 2.33 bits per heavy atom. The molecule has 3 aromatic rings. The third kappa shape index (κ3) is 2.65. The molecular formula is C13H10FN3O3S. The molecule has 1 heterocycles. The highest BCUT2D eigenvalue weighted by Gasteiger charge is 2.15. The van der Waals surface area contributed by atoms with Crippen molar-refractivity contribution < 1.29 is 12.8 Å². The number of halogens is 1. The second-order valence-electron chi connectivity index (χ2n) is 4.40. The van der Waals surface area contributed by atoms with Gasteiger partial charge in [-0.3, -0.25) is 4.72 Å². The third-order valence-corrected chi connectivity index (χ3v) is 4.27. The summed E-state index contributed by atoms with van der Waals surface area (Å²) in [6.07, 6.45) is 0. The zero-order chi connectivity index (χ0) is 15.0. The van der Waals surface area contributed by atoms with Crippen LogP contribution in [0.3, 0.4) is 0 Å². The van der Waals surface area contributed by atoms with E-state index in [0.29, 0.717) is 11.0 Å². The minimum Gasteiger partial charge on any atom is -0.306 e. The molecule has 2 aromatic carbocycles. The number of H-pyrrole nitrogens is 2. The zero-order valence-corrected chi connectivity index (χ0v) is 11.4. The van der Waals surface area contributed by atoms with Gasteiger partial charge in [0.05, 0.1) is 15.9 Å². The van der Waals surface area contributed by atoms with Gasteiger partial charge in [-0.05, 0) is 42.5 Å². The Bertz CT molecular complexity index is 958. The summed E-state index contributed by atoms with van der Waals surface area (Å²) in [5.41, 5.74) is 0.743. The number of imidazole rings is 1. The Balaban J connectivity index is 1.99. The largest absolute Gasteiger partial charge is 0.323 e. The van der Waals surface area contributed by atoms with Gasteiger partial charge in [-0.15, -0.1) is 0 Å². The van der Waals surface area contributed by atoms with Crippen molar-refractivity contribution in [3.63, 3.8) is 0 Å². The molecule has 3 N–H and O–H groups in total. The maximum Gasteiger partial charge on any atom is 0.323 e. The Hall–Kier alpha value is -2.61. The number of aromatic nitrogens is 2. The molecule has 0 aliphatic heterocycles. The molecule has 6 nitrogen and oxygen atoms in total. The van der Waals surface area contributed by atoms with Gasteiger partial charge < -0.3 is 9.97 Å². The number of anilines is 1. The first kappa shape index (κ1) is 13.4. The summed E-state index contributed by atoms with van der Waals surface area (Å²) < 4.78 is 39.6. The van der Waals surface area contributed by atoms with Crippen LogP contribution in [0.5, 0.6) is 0 Å². The van der Waals surface area contributed by atoms with Crippen molar-refractivity contribution in [2.24, 2.45) is 0 Å². The summed E-state index contributed by atoms with van der Waals surface area (Å²) in [4.78, 5) is 16.2. The third-order valence-electron chi connectivity index (χ3n) is 2.89. The van der Waals surface area contributed by atoms with Crippen LogP contribution in [0, 0.1) is 5.82 Å². The molecule has 1 aromatic heterocycles. The average Bonchev–Trinajstić information content (AvgIpc) is 2.80. The summed E-state index contributed by atoms with van der Waals surface area (Å²) in [5.74, 6) is -0.454. The molecule has 0 aliphatic carbocycles. The zero-order valence-electron chi connectivity index (χ0n) is 10.6. The number of benzene rings is 2. The molecule has 0 spiro atoms. The number of hydrogen-bond acceptors (Lipinski definition) is 3. The summed E-state index contributed by atoms with van der Waals surface area (Å²) in [6.45, 7) is 0. The second kappa shape index (κ2) is 4.74. The van der Waals surface area contributed by atoms with Gasteiger partial charge in [0.1, 0.15) is 5.82 Å². The summed E-state index contributed by atoms with van der Waals surface area (Å²) >= 11 is 0. The van der Waals surface area contributed by atoms with E-state index in [1.54, 1.807) is 0 Å². The molecule has 0 atom stereocenters. The lowest BCUT2D eigenvalue weighted by atomic mass is 10.3. The van der Waals surface area contributed by atoms with Crippen molar-refractivity contribution in [1.29, 1.82) is 0 Å². The summed E-state index contributed by atoms with van der Waals surface area (Å²) in [6, 6.07) is 9.17. The molecule has 108 valence electrons. The Labute approximate surface area is 118 Å². The van der Waals surface area contributed by atoms with Gasteiger partial charge >= 0.3 is 5.69 Å². The van der Waals surface area contributed by atoms with Crippen LogP contribution in [0.15, 0.2) is 52.2 Å². The number of aromatic amines is 2. The first-order valence-electron chi connectivity index (χ1n) is 5.94. The van der Waals surface area contributed by atoms with Crippen LogP contribution in [-0.4, -0.2) is 18.4 Å². The normalized spacial score (nSPS) is 11.7. The van der Waals surface area contributed by atoms with Gasteiger partial charge in [0.2, 0.25) is 0 Å². The lowest BCUT2D eigenvalue weighted by Gasteiger charge is -2.08. The van der Waals surface area contributed by atoms with Crippen molar-refractivity contribution in [3.8, 4) is 0 Å². The number of nitrogens with one attached hydrogen (secondary N) is 3. The molecule has 8 heteroatoms. The van der Waals surface area contributed by atoms with Crippen LogP contribution < -0.4 is 10.4 Å². The van der Waals surface area contributed by atoms with Crippen LogP contribution in [0.4, 0.5) is 10.1 Å². The maximum atomic E-state index is 12.8. The Morgan fingerprint density at radius 2 is 1.62 bits per heavy atom. The summed E-state index contributed by atoms with van der Waals surface area (Å²) in [7, 11) is -3.82. The van der Waals surface area contributed by atoms with Crippen LogP contribution >= 0.6 is 0 Å². The Morgan fingerprint density at radius 1 is 0.952 bits per heavy atom. The molecule has 0 saturated heterocycles. The van der Waals surface area contributed by atoms with Gasteiger partial charge in [-0.2, -0.15) is 0 Å². The smallest absolute Gasteiger partial charge is 0.306 e. The SMILES string of the molecule is O=c1[nH]c2ccc(S(=O)(=O)Nc3ccc(F)cc3)cc2[nH]1. The van der Waals surface area contributed by atoms with E-state index in [4.69, 9.17) is 0 Å². The highest BCUT2D eigenvalue weighted by atomic mass is 32.2. The highest BCUT2D eigenvalue weighted by molar-refractivity contribution is 7.92. The van der Waals surface area contributed by atoms with Gasteiger partial charge in [0, 0.05) is 5.69 Å². The average molecular weight is 307 g/mol. The predicted molar refractivity (Wildman–Crippen MR) is 76.1 cm³/mol. The lowest BCUT2D eigenvalue weighted by Crippen LogP contribution is -2.12. The molecule has 0 aliphatic rings. The van der Waals surface area contributed by atoms with E-state index in [1.165, 1.54) is 30.3 Å². The van der Waals surface area contributed by atoms with E-state index in [9.17, 15) is 17.6 Å². The fourth-order valence-corrected chi connectivity index (χ4v) is 3.00. The van der Waals surface area contributed by atoms with Crippen LogP contribution in [0.25, 0.3) is 11.0 Å². The fourth-order valence-electron chi connectivity index (χ4n) is 1.91. The second-order valence-corrected chi connectivity index (χ2v) is 6.08. The van der Waals surface area contributed by atoms with Gasteiger partial charge in [0.25, 0.3) is 10.0 Å². The maximum absolute atomic E-state index is 12.8. The fraction of sp³-hybridized carbons (Fsp3) is 0. The molecule has 0 amide bonds. The predicted octanol–water partition coefficient (Wildman–Crippen LogP) is 1.80. The monoisotopic (exact) mass is 307 g/mol. The van der Waals surface area contributed by atoms with E-state index in [2.05, 4.69) is 14.7 Å². The van der Waals surface area contributed by atoms with Crippen molar-refractivity contribution in [3.05, 3.63) is 58.8 Å². The van der Waals surface area contributed by atoms with E-state index < -0.39 is 21.5 Å². The molecule has 0 saturated carbocycles. The van der Waals surface area contributed by atoms with E-state index in [0.717, 1.165) is 12.1 Å².